The standard InChI is InChI=1S/C19H26FNO4/c1-12-5-4-6-16(13(12)2)21-18(22)11-25-19(23)10-14-7-8-17(24-3)15(20)9-14/h7-9,12-13,16H,4-6,10-11H2,1-3H3,(H,21,22)/t12-,13-,16+/m1/s1. The third kappa shape index (κ3) is 5.44. The molecule has 0 bridgehead atoms. The third-order valence-electron chi connectivity index (χ3n) is 4.98. The molecule has 2 rings (SSSR count). The molecule has 1 amide bonds. The molecule has 25 heavy (non-hydrogen) atoms. The van der Waals surface area contributed by atoms with E-state index in [4.69, 9.17) is 9.47 Å². The summed E-state index contributed by atoms with van der Waals surface area (Å²) in [4.78, 5) is 23.8. The Morgan fingerprint density at radius 1 is 1.28 bits per heavy atom. The Morgan fingerprint density at radius 2 is 2.04 bits per heavy atom. The van der Waals surface area contributed by atoms with E-state index in [0.29, 0.717) is 17.4 Å². The summed E-state index contributed by atoms with van der Waals surface area (Å²) in [7, 11) is 1.37. The summed E-state index contributed by atoms with van der Waals surface area (Å²) in [5.41, 5.74) is 0.471. The predicted octanol–water partition coefficient (Wildman–Crippen LogP) is 2.86. The van der Waals surface area contributed by atoms with Gasteiger partial charge in [-0.25, -0.2) is 4.39 Å². The van der Waals surface area contributed by atoms with Crippen molar-refractivity contribution in [1.29, 1.82) is 0 Å². The van der Waals surface area contributed by atoms with E-state index in [1.807, 2.05) is 0 Å². The number of halogens is 1. The molecular weight excluding hydrogens is 325 g/mol. The number of esters is 1. The topological polar surface area (TPSA) is 64.6 Å². The van der Waals surface area contributed by atoms with Gasteiger partial charge in [0.25, 0.3) is 5.91 Å². The average Bonchev–Trinajstić information content (AvgIpc) is 2.57. The van der Waals surface area contributed by atoms with Crippen LogP contribution in [0.2, 0.25) is 0 Å². The van der Waals surface area contributed by atoms with Gasteiger partial charge in [0.1, 0.15) is 0 Å². The first-order valence-electron chi connectivity index (χ1n) is 8.68. The fourth-order valence-electron chi connectivity index (χ4n) is 3.22. The van der Waals surface area contributed by atoms with Gasteiger partial charge in [0.15, 0.2) is 18.2 Å². The fraction of sp³-hybridized carbons (Fsp3) is 0.579. The van der Waals surface area contributed by atoms with Gasteiger partial charge in [0.05, 0.1) is 13.5 Å². The van der Waals surface area contributed by atoms with Crippen LogP contribution in [0.3, 0.4) is 0 Å². The first-order valence-corrected chi connectivity index (χ1v) is 8.68. The van der Waals surface area contributed by atoms with Crippen LogP contribution in [0.25, 0.3) is 0 Å². The highest BCUT2D eigenvalue weighted by molar-refractivity contribution is 5.81. The maximum atomic E-state index is 13.6. The molecule has 0 unspecified atom stereocenters. The Hall–Kier alpha value is -2.11. The van der Waals surface area contributed by atoms with Gasteiger partial charge in [-0.05, 0) is 36.0 Å². The molecule has 1 saturated carbocycles. The van der Waals surface area contributed by atoms with E-state index in [1.54, 1.807) is 6.07 Å². The number of ether oxygens (including phenoxy) is 2. The molecular formula is C19H26FNO4. The minimum atomic E-state index is -0.565. The van der Waals surface area contributed by atoms with Crippen molar-refractivity contribution in [3.8, 4) is 5.75 Å². The monoisotopic (exact) mass is 351 g/mol. The van der Waals surface area contributed by atoms with E-state index in [9.17, 15) is 14.0 Å². The number of nitrogens with one attached hydrogen (secondary N) is 1. The Bertz CT molecular complexity index is 619. The molecule has 5 nitrogen and oxygen atoms in total. The molecule has 1 aromatic rings. The molecule has 0 spiro atoms. The largest absolute Gasteiger partial charge is 0.494 e. The number of carbonyl (C=O) groups is 2. The number of hydrogen-bond donors (Lipinski definition) is 1. The highest BCUT2D eigenvalue weighted by atomic mass is 19.1. The summed E-state index contributed by atoms with van der Waals surface area (Å²) in [6.07, 6.45) is 3.14. The Kier molecular flexibility index (Phi) is 6.79. The molecule has 6 heteroatoms. The molecule has 0 aromatic heterocycles. The van der Waals surface area contributed by atoms with Crippen molar-refractivity contribution in [2.45, 2.75) is 45.6 Å². The van der Waals surface area contributed by atoms with E-state index < -0.39 is 11.8 Å². The number of methoxy groups -OCH3 is 1. The predicted molar refractivity (Wildman–Crippen MR) is 91.7 cm³/mol. The molecule has 0 saturated heterocycles. The van der Waals surface area contributed by atoms with Crippen molar-refractivity contribution < 1.29 is 23.5 Å². The van der Waals surface area contributed by atoms with Crippen LogP contribution in [0.5, 0.6) is 5.75 Å². The molecule has 0 radical (unpaired) electrons. The minimum Gasteiger partial charge on any atom is -0.494 e. The Labute approximate surface area is 147 Å². The van der Waals surface area contributed by atoms with Crippen molar-refractivity contribution in [1.82, 2.24) is 5.32 Å². The zero-order chi connectivity index (χ0) is 18.4. The maximum absolute atomic E-state index is 13.6. The van der Waals surface area contributed by atoms with Gasteiger partial charge < -0.3 is 14.8 Å². The van der Waals surface area contributed by atoms with Gasteiger partial charge in [-0.2, -0.15) is 0 Å². The molecule has 138 valence electrons. The Balaban J connectivity index is 1.77. The van der Waals surface area contributed by atoms with Crippen LogP contribution >= 0.6 is 0 Å². The van der Waals surface area contributed by atoms with Crippen LogP contribution in [0.1, 0.15) is 38.7 Å². The van der Waals surface area contributed by atoms with Gasteiger partial charge in [-0.1, -0.05) is 32.8 Å². The lowest BCUT2D eigenvalue weighted by molar-refractivity contribution is -0.148. The van der Waals surface area contributed by atoms with Gasteiger partial charge in [-0.15, -0.1) is 0 Å². The van der Waals surface area contributed by atoms with Gasteiger partial charge in [-0.3, -0.25) is 9.59 Å². The second kappa shape index (κ2) is 8.83. The normalized spacial score (nSPS) is 23.0. The SMILES string of the molecule is COc1ccc(CC(=O)OCC(=O)N[C@H]2CCC[C@@H](C)[C@H]2C)cc1F. The molecule has 1 aromatic carbocycles. The lowest BCUT2D eigenvalue weighted by atomic mass is 9.78. The molecule has 1 aliphatic rings. The van der Waals surface area contributed by atoms with E-state index in [2.05, 4.69) is 19.2 Å². The minimum absolute atomic E-state index is 0.0922. The highest BCUT2D eigenvalue weighted by Crippen LogP contribution is 2.29. The Morgan fingerprint density at radius 3 is 2.72 bits per heavy atom. The van der Waals surface area contributed by atoms with Crippen LogP contribution < -0.4 is 10.1 Å². The first-order chi connectivity index (χ1) is 11.9. The van der Waals surface area contributed by atoms with Crippen LogP contribution in [0.15, 0.2) is 18.2 Å². The summed E-state index contributed by atoms with van der Waals surface area (Å²) in [5, 5.41) is 2.95. The van der Waals surface area contributed by atoms with E-state index in [-0.39, 0.29) is 30.7 Å². The zero-order valence-electron chi connectivity index (χ0n) is 15.0. The van der Waals surface area contributed by atoms with Gasteiger partial charge >= 0.3 is 5.97 Å². The zero-order valence-corrected chi connectivity index (χ0v) is 15.0. The number of rotatable bonds is 6. The lowest BCUT2D eigenvalue weighted by Crippen LogP contribution is -2.45. The molecule has 1 fully saturated rings. The molecule has 0 aliphatic heterocycles. The summed E-state index contributed by atoms with van der Waals surface area (Å²) >= 11 is 0. The summed E-state index contributed by atoms with van der Waals surface area (Å²) in [6.45, 7) is 4.02. The second-order valence-corrected chi connectivity index (χ2v) is 6.75. The summed E-state index contributed by atoms with van der Waals surface area (Å²) in [5.74, 6) is -0.287. The quantitative estimate of drug-likeness (QED) is 0.801. The van der Waals surface area contributed by atoms with Gasteiger partial charge in [0.2, 0.25) is 0 Å². The van der Waals surface area contributed by atoms with Crippen molar-refractivity contribution in [2.75, 3.05) is 13.7 Å². The van der Waals surface area contributed by atoms with E-state index >= 15 is 0 Å². The maximum Gasteiger partial charge on any atom is 0.310 e. The van der Waals surface area contributed by atoms with Crippen LogP contribution in [0, 0.1) is 17.7 Å². The molecule has 3 atom stereocenters. The summed E-state index contributed by atoms with van der Waals surface area (Å²) < 4.78 is 23.4. The van der Waals surface area contributed by atoms with Gasteiger partial charge in [0, 0.05) is 6.04 Å². The average molecular weight is 351 g/mol. The van der Waals surface area contributed by atoms with Crippen molar-refractivity contribution in [2.24, 2.45) is 11.8 Å². The molecule has 1 N–H and O–H groups in total. The van der Waals surface area contributed by atoms with Crippen LogP contribution in [0.4, 0.5) is 4.39 Å². The number of amides is 1. The number of benzene rings is 1. The third-order valence-corrected chi connectivity index (χ3v) is 4.98. The van der Waals surface area contributed by atoms with E-state index in [1.165, 1.54) is 25.7 Å². The highest BCUT2D eigenvalue weighted by Gasteiger charge is 2.28. The van der Waals surface area contributed by atoms with Crippen LogP contribution in [-0.4, -0.2) is 31.6 Å². The summed E-state index contributed by atoms with van der Waals surface area (Å²) in [6, 6.07) is 4.40. The van der Waals surface area contributed by atoms with Crippen molar-refractivity contribution in [3.05, 3.63) is 29.6 Å². The van der Waals surface area contributed by atoms with E-state index in [0.717, 1.165) is 12.8 Å². The lowest BCUT2D eigenvalue weighted by Gasteiger charge is -2.34. The molecule has 0 heterocycles. The first kappa shape index (κ1) is 19.2. The molecule has 1 aliphatic carbocycles. The fourth-order valence-corrected chi connectivity index (χ4v) is 3.22. The van der Waals surface area contributed by atoms with Crippen molar-refractivity contribution in [3.63, 3.8) is 0 Å². The second-order valence-electron chi connectivity index (χ2n) is 6.75. The number of carbonyl (C=O) groups excluding carboxylic acids is 2. The van der Waals surface area contributed by atoms with Crippen LogP contribution in [-0.2, 0) is 20.7 Å². The smallest absolute Gasteiger partial charge is 0.310 e. The van der Waals surface area contributed by atoms with Crippen molar-refractivity contribution >= 4 is 11.9 Å². The number of hydrogen-bond acceptors (Lipinski definition) is 4.